The average Bonchev–Trinajstić information content (AvgIpc) is 3.11. The van der Waals surface area contributed by atoms with Gasteiger partial charge in [-0.25, -0.2) is 9.97 Å². The monoisotopic (exact) mass is 704 g/mol. The lowest BCUT2D eigenvalue weighted by molar-refractivity contribution is -0.120. The Morgan fingerprint density at radius 3 is 2.39 bits per heavy atom. The van der Waals surface area contributed by atoms with Crippen LogP contribution in [0.4, 0.5) is 26.1 Å². The zero-order chi connectivity index (χ0) is 35.3. The number of alkyl halides is 2. The quantitative estimate of drug-likeness (QED) is 0.131. The normalized spacial score (nSPS) is 17.0. The molecule has 2 N–H and O–H groups in total. The number of aldehydes is 1. The molecule has 0 aliphatic carbocycles. The summed E-state index contributed by atoms with van der Waals surface area (Å²) in [6, 6.07) is 3.93. The number of anilines is 3. The van der Waals surface area contributed by atoms with Crippen molar-refractivity contribution in [2.45, 2.75) is 76.5 Å². The number of aromatic nitrogens is 2. The molecular formula is C34H50F2N8O4S. The van der Waals surface area contributed by atoms with Crippen LogP contribution in [-0.2, 0) is 14.4 Å². The van der Waals surface area contributed by atoms with Crippen LogP contribution in [0.2, 0.25) is 0 Å². The Kier molecular flexibility index (Phi) is 14.8. The van der Waals surface area contributed by atoms with Crippen molar-refractivity contribution in [3.05, 3.63) is 35.7 Å². The maximum absolute atomic E-state index is 12.3. The standard InChI is InChI=1S/C34H50F2N8O4S/c1-24-18-31(42(4)27(22-45)6-7-32(47)37-2)30(41(3)23-46)19-29(24)25-8-13-43(14-9-25)12-5-17-49-44-15-10-26(11-16-44)40-34-38-20-28(21-39-34)48-33(35)36/h18-23,25-27,33H,5-17H2,1-4H3,(H,37,47)(H,38,39,40). The van der Waals surface area contributed by atoms with E-state index in [1.165, 1.54) is 18.0 Å². The fourth-order valence-electron chi connectivity index (χ4n) is 6.51. The largest absolute Gasteiger partial charge is 0.432 e. The SMILES string of the molecule is CNC(=O)CCC(C=O)N(C)c1cc(C)c(C2CCN(CCCSN3CCC(Nc4ncc(OC(F)F)cn4)CC3)CC2)cc1N(C)C=O. The van der Waals surface area contributed by atoms with Crippen LogP contribution in [0.15, 0.2) is 24.5 Å². The van der Waals surface area contributed by atoms with Gasteiger partial charge in [0.05, 0.1) is 29.8 Å². The van der Waals surface area contributed by atoms with Gasteiger partial charge in [-0.2, -0.15) is 8.78 Å². The van der Waals surface area contributed by atoms with Crippen molar-refractivity contribution in [1.82, 2.24) is 24.5 Å². The van der Waals surface area contributed by atoms with Crippen LogP contribution in [-0.4, -0.2) is 116 Å². The number of rotatable bonds is 18. The molecule has 2 aromatic rings. The Morgan fingerprint density at radius 1 is 1.08 bits per heavy atom. The number of nitrogens with zero attached hydrogens (tertiary/aromatic N) is 6. The molecule has 49 heavy (non-hydrogen) atoms. The molecular weight excluding hydrogens is 654 g/mol. The molecule has 3 heterocycles. The Balaban J connectivity index is 1.20. The summed E-state index contributed by atoms with van der Waals surface area (Å²) in [5, 5.41) is 5.90. The van der Waals surface area contributed by atoms with Gasteiger partial charge >= 0.3 is 6.61 Å². The van der Waals surface area contributed by atoms with Crippen molar-refractivity contribution in [3.63, 3.8) is 0 Å². The number of likely N-dealkylation sites (N-methyl/N-ethyl adjacent to an activating group) is 1. The van der Waals surface area contributed by atoms with Gasteiger partial charge in [0.1, 0.15) is 6.29 Å². The maximum atomic E-state index is 12.3. The van der Waals surface area contributed by atoms with Crippen LogP contribution < -0.4 is 25.2 Å². The van der Waals surface area contributed by atoms with Gasteiger partial charge < -0.3 is 34.9 Å². The van der Waals surface area contributed by atoms with Gasteiger partial charge in [0.25, 0.3) is 0 Å². The van der Waals surface area contributed by atoms with Crippen LogP contribution in [0, 0.1) is 6.92 Å². The fourth-order valence-corrected chi connectivity index (χ4v) is 7.50. The molecule has 0 saturated carbocycles. The Morgan fingerprint density at radius 2 is 1.78 bits per heavy atom. The molecule has 1 atom stereocenters. The van der Waals surface area contributed by atoms with Crippen LogP contribution in [0.3, 0.4) is 0 Å². The fraction of sp³-hybridized carbons (Fsp3) is 0.618. The first-order chi connectivity index (χ1) is 23.6. The van der Waals surface area contributed by atoms with Crippen molar-refractivity contribution in [2.24, 2.45) is 0 Å². The number of likely N-dealkylation sites (tertiary alicyclic amines) is 1. The zero-order valence-electron chi connectivity index (χ0n) is 28.9. The van der Waals surface area contributed by atoms with E-state index in [4.69, 9.17) is 0 Å². The van der Waals surface area contributed by atoms with Crippen LogP contribution in [0.25, 0.3) is 0 Å². The molecule has 12 nitrogen and oxygen atoms in total. The van der Waals surface area contributed by atoms with E-state index < -0.39 is 12.7 Å². The molecule has 270 valence electrons. The number of amides is 2. The highest BCUT2D eigenvalue weighted by Gasteiger charge is 2.26. The topological polar surface area (TPSA) is 123 Å². The predicted molar refractivity (Wildman–Crippen MR) is 190 cm³/mol. The van der Waals surface area contributed by atoms with Crippen molar-refractivity contribution >= 4 is 47.9 Å². The van der Waals surface area contributed by atoms with E-state index in [-0.39, 0.29) is 24.1 Å². The van der Waals surface area contributed by atoms with Crippen LogP contribution >= 0.6 is 11.9 Å². The lowest BCUT2D eigenvalue weighted by atomic mass is 9.86. The zero-order valence-corrected chi connectivity index (χ0v) is 29.8. The Labute approximate surface area is 292 Å². The van der Waals surface area contributed by atoms with Crippen molar-refractivity contribution in [1.29, 1.82) is 0 Å². The molecule has 2 saturated heterocycles. The second kappa shape index (κ2) is 19.0. The van der Waals surface area contributed by atoms with E-state index >= 15 is 0 Å². The maximum Gasteiger partial charge on any atom is 0.387 e. The minimum Gasteiger partial charge on any atom is -0.432 e. The van der Waals surface area contributed by atoms with E-state index in [1.54, 1.807) is 19.0 Å². The highest BCUT2D eigenvalue weighted by molar-refractivity contribution is 7.97. The lowest BCUT2D eigenvalue weighted by Gasteiger charge is -2.35. The Bertz CT molecular complexity index is 1360. The number of piperidine rings is 2. The number of carbonyl (C=O) groups is 3. The molecule has 15 heteroatoms. The molecule has 0 spiro atoms. The third-order valence-corrected chi connectivity index (χ3v) is 10.6. The van der Waals surface area contributed by atoms with Gasteiger partial charge in [-0.05, 0) is 94.3 Å². The summed E-state index contributed by atoms with van der Waals surface area (Å²) in [5.41, 5.74) is 3.93. The highest BCUT2D eigenvalue weighted by Crippen LogP contribution is 2.38. The average molecular weight is 705 g/mol. The summed E-state index contributed by atoms with van der Waals surface area (Å²) in [7, 11) is 5.15. The van der Waals surface area contributed by atoms with Crippen molar-refractivity contribution in [3.8, 4) is 5.75 Å². The number of benzene rings is 1. The van der Waals surface area contributed by atoms with Gasteiger partial charge in [-0.1, -0.05) is 11.9 Å². The van der Waals surface area contributed by atoms with Gasteiger partial charge in [0.2, 0.25) is 18.3 Å². The summed E-state index contributed by atoms with van der Waals surface area (Å²) in [6.45, 7) is 4.23. The molecule has 2 fully saturated rings. The highest BCUT2D eigenvalue weighted by atomic mass is 32.2. The summed E-state index contributed by atoms with van der Waals surface area (Å²) < 4.78 is 31.4. The van der Waals surface area contributed by atoms with Crippen LogP contribution in [0.5, 0.6) is 5.75 Å². The number of halogens is 2. The summed E-state index contributed by atoms with van der Waals surface area (Å²) in [4.78, 5) is 49.8. The lowest BCUT2D eigenvalue weighted by Crippen LogP contribution is -2.37. The summed E-state index contributed by atoms with van der Waals surface area (Å²) in [6.07, 6.45) is 9.90. The number of hydrogen-bond donors (Lipinski definition) is 2. The van der Waals surface area contributed by atoms with Gasteiger partial charge in [-0.3, -0.25) is 13.9 Å². The second-order valence-corrected chi connectivity index (χ2v) is 13.9. The van der Waals surface area contributed by atoms with Gasteiger partial charge in [0, 0.05) is 52.4 Å². The third-order valence-electron chi connectivity index (χ3n) is 9.44. The van der Waals surface area contributed by atoms with E-state index in [2.05, 4.69) is 53.6 Å². The Hall–Kier alpha value is -3.56. The number of ether oxygens (including phenoxy) is 1. The minimum atomic E-state index is -2.89. The van der Waals surface area contributed by atoms with Crippen molar-refractivity contribution < 1.29 is 27.9 Å². The second-order valence-electron chi connectivity index (χ2n) is 12.7. The summed E-state index contributed by atoms with van der Waals surface area (Å²) in [5.74, 6) is 1.71. The molecule has 1 aromatic heterocycles. The molecule has 1 unspecified atom stereocenters. The first kappa shape index (κ1) is 38.2. The predicted octanol–water partition coefficient (Wildman–Crippen LogP) is 4.30. The number of aryl methyl sites for hydroxylation is 1. The first-order valence-corrected chi connectivity index (χ1v) is 17.9. The number of hydrogen-bond acceptors (Lipinski definition) is 11. The molecule has 2 aliphatic rings. The molecule has 0 bridgehead atoms. The third kappa shape index (κ3) is 11.2. The van der Waals surface area contributed by atoms with Crippen molar-refractivity contribution in [2.75, 3.05) is 74.7 Å². The first-order valence-electron chi connectivity index (χ1n) is 17.0. The van der Waals surface area contributed by atoms with E-state index in [9.17, 15) is 23.2 Å². The van der Waals surface area contributed by atoms with Gasteiger partial charge in [0.15, 0.2) is 5.75 Å². The van der Waals surface area contributed by atoms with E-state index in [0.717, 1.165) is 100 Å². The molecule has 0 radical (unpaired) electrons. The molecule has 4 rings (SSSR count). The molecule has 2 aliphatic heterocycles. The number of carbonyl (C=O) groups excluding carboxylic acids is 3. The van der Waals surface area contributed by atoms with Crippen LogP contribution in [0.1, 0.15) is 62.0 Å². The molecule has 1 aromatic carbocycles. The molecule has 2 amide bonds. The minimum absolute atomic E-state index is 0.0543. The van der Waals surface area contributed by atoms with E-state index in [1.807, 2.05) is 23.9 Å². The van der Waals surface area contributed by atoms with Gasteiger partial charge in [-0.15, -0.1) is 0 Å². The smallest absolute Gasteiger partial charge is 0.387 e. The summed E-state index contributed by atoms with van der Waals surface area (Å²) >= 11 is 1.90. The number of nitrogens with one attached hydrogen (secondary N) is 2. The van der Waals surface area contributed by atoms with E-state index in [0.29, 0.717) is 18.3 Å².